The summed E-state index contributed by atoms with van der Waals surface area (Å²) < 4.78 is 1.61. The molecule has 0 spiro atoms. The Morgan fingerprint density at radius 3 is 2.56 bits per heavy atom. The molecule has 0 aliphatic heterocycles. The second kappa shape index (κ2) is 6.82. The van der Waals surface area contributed by atoms with Crippen LogP contribution in [0.3, 0.4) is 0 Å². The smallest absolute Gasteiger partial charge is 0.307 e. The Labute approximate surface area is 183 Å². The Kier molecular flexibility index (Phi) is 4.02. The third-order valence-electron chi connectivity index (χ3n) is 6.78. The van der Waals surface area contributed by atoms with E-state index in [0.29, 0.717) is 27.9 Å². The summed E-state index contributed by atoms with van der Waals surface area (Å²) in [5, 5.41) is 15.4. The molecular weight excluding hydrogens is 404 g/mol. The van der Waals surface area contributed by atoms with Gasteiger partial charge in [-0.05, 0) is 37.3 Å². The van der Waals surface area contributed by atoms with Crippen molar-refractivity contribution in [2.24, 2.45) is 17.8 Å². The highest BCUT2D eigenvalue weighted by atomic mass is 16.4. The number of rotatable bonds is 3. The van der Waals surface area contributed by atoms with Crippen LogP contribution in [0, 0.1) is 24.7 Å². The van der Waals surface area contributed by atoms with Crippen LogP contribution in [0.2, 0.25) is 0 Å². The molecule has 2 aromatic heterocycles. The van der Waals surface area contributed by atoms with E-state index < -0.39 is 17.4 Å². The van der Waals surface area contributed by atoms with Gasteiger partial charge in [0.1, 0.15) is 5.82 Å². The van der Waals surface area contributed by atoms with E-state index in [1.807, 2.05) is 61.5 Å². The largest absolute Gasteiger partial charge is 0.481 e. The number of nitrogens with zero attached hydrogens (tertiary/aromatic N) is 4. The first-order valence-electron chi connectivity index (χ1n) is 10.7. The summed E-state index contributed by atoms with van der Waals surface area (Å²) in [6.45, 7) is 1.98. The summed E-state index contributed by atoms with van der Waals surface area (Å²) in [4.78, 5) is 34.5. The van der Waals surface area contributed by atoms with Crippen molar-refractivity contribution in [3.05, 3.63) is 82.4 Å². The quantitative estimate of drug-likeness (QED) is 0.399. The Balaban J connectivity index is 1.67. The van der Waals surface area contributed by atoms with Crippen LogP contribution in [-0.4, -0.2) is 30.7 Å². The standard InChI is InChI=1S/C25H20N4O3/c1-13-6-8-14(9-7-13)21-24(30)27-22-17-4-2-3-5-18(17)26-23(29(22)28-21)19-15-10-11-16(12-15)20(19)25(31)32/h2-11,15-16,19-20H,12H2,1H3,(H,31,32)/t15-,16-,19+,20-/m0/s1. The van der Waals surface area contributed by atoms with Crippen molar-refractivity contribution >= 4 is 22.5 Å². The molecule has 0 radical (unpaired) electrons. The van der Waals surface area contributed by atoms with Gasteiger partial charge in [0.2, 0.25) is 0 Å². The van der Waals surface area contributed by atoms with Crippen molar-refractivity contribution in [3.63, 3.8) is 0 Å². The predicted molar refractivity (Wildman–Crippen MR) is 119 cm³/mol. The first-order chi connectivity index (χ1) is 15.5. The van der Waals surface area contributed by atoms with Crippen molar-refractivity contribution in [2.75, 3.05) is 0 Å². The Morgan fingerprint density at radius 1 is 1.03 bits per heavy atom. The summed E-state index contributed by atoms with van der Waals surface area (Å²) in [6.07, 6.45) is 4.89. The number of benzene rings is 2. The van der Waals surface area contributed by atoms with E-state index in [-0.39, 0.29) is 23.4 Å². The van der Waals surface area contributed by atoms with Crippen LogP contribution in [0.5, 0.6) is 0 Å². The number of hydrogen-bond donors (Lipinski definition) is 1. The fourth-order valence-corrected chi connectivity index (χ4v) is 5.27. The molecule has 1 fully saturated rings. The van der Waals surface area contributed by atoms with Crippen molar-refractivity contribution in [1.82, 2.24) is 19.6 Å². The lowest BCUT2D eigenvalue weighted by Gasteiger charge is -2.25. The van der Waals surface area contributed by atoms with Crippen LogP contribution in [-0.2, 0) is 4.79 Å². The van der Waals surface area contributed by atoms with Gasteiger partial charge in [0.15, 0.2) is 11.3 Å². The molecule has 6 rings (SSSR count). The molecule has 1 N–H and O–H groups in total. The van der Waals surface area contributed by atoms with Gasteiger partial charge in [-0.3, -0.25) is 9.59 Å². The molecule has 158 valence electrons. The average molecular weight is 424 g/mol. The summed E-state index contributed by atoms with van der Waals surface area (Å²) >= 11 is 0. The number of fused-ring (bicyclic) bond motifs is 5. The van der Waals surface area contributed by atoms with Crippen LogP contribution < -0.4 is 5.56 Å². The van der Waals surface area contributed by atoms with Crippen LogP contribution >= 0.6 is 0 Å². The number of hydrogen-bond acceptors (Lipinski definition) is 5. The minimum Gasteiger partial charge on any atom is -0.481 e. The first kappa shape index (κ1) is 18.9. The molecule has 1 saturated carbocycles. The van der Waals surface area contributed by atoms with E-state index >= 15 is 0 Å². The Morgan fingerprint density at radius 2 is 1.78 bits per heavy atom. The van der Waals surface area contributed by atoms with Gasteiger partial charge in [0.25, 0.3) is 5.56 Å². The highest BCUT2D eigenvalue weighted by Gasteiger charge is 2.50. The first-order valence-corrected chi connectivity index (χ1v) is 10.7. The summed E-state index contributed by atoms with van der Waals surface area (Å²) in [5.74, 6) is -1.15. The monoisotopic (exact) mass is 424 g/mol. The zero-order valence-corrected chi connectivity index (χ0v) is 17.3. The number of para-hydroxylation sites is 1. The van der Waals surface area contributed by atoms with Gasteiger partial charge in [0.05, 0.1) is 11.4 Å². The van der Waals surface area contributed by atoms with Crippen LogP contribution in [0.25, 0.3) is 27.8 Å². The summed E-state index contributed by atoms with van der Waals surface area (Å²) in [6, 6.07) is 15.0. The van der Waals surface area contributed by atoms with Crippen molar-refractivity contribution in [2.45, 2.75) is 19.3 Å². The van der Waals surface area contributed by atoms with E-state index in [0.717, 1.165) is 12.0 Å². The highest BCUT2D eigenvalue weighted by molar-refractivity contribution is 5.91. The zero-order chi connectivity index (χ0) is 22.0. The van der Waals surface area contributed by atoms with Gasteiger partial charge in [-0.2, -0.15) is 14.6 Å². The second-order valence-corrected chi connectivity index (χ2v) is 8.69. The molecule has 7 heteroatoms. The number of aliphatic carboxylic acids is 1. The highest BCUT2D eigenvalue weighted by Crippen LogP contribution is 2.52. The molecule has 2 aliphatic rings. The van der Waals surface area contributed by atoms with E-state index in [1.54, 1.807) is 4.52 Å². The number of aryl methyl sites for hydroxylation is 1. The van der Waals surface area contributed by atoms with Gasteiger partial charge in [-0.15, -0.1) is 0 Å². The maximum absolute atomic E-state index is 13.0. The second-order valence-electron chi connectivity index (χ2n) is 8.69. The lowest BCUT2D eigenvalue weighted by atomic mass is 9.82. The number of aromatic nitrogens is 4. The fraction of sp³-hybridized carbons (Fsp3) is 0.240. The number of carboxylic acids is 1. The van der Waals surface area contributed by atoms with Gasteiger partial charge < -0.3 is 5.11 Å². The van der Waals surface area contributed by atoms with Gasteiger partial charge >= 0.3 is 5.97 Å². The molecule has 2 aromatic carbocycles. The van der Waals surface area contributed by atoms with Gasteiger partial charge in [-0.25, -0.2) is 4.98 Å². The molecule has 7 nitrogen and oxygen atoms in total. The molecule has 2 heterocycles. The maximum atomic E-state index is 13.0. The lowest BCUT2D eigenvalue weighted by molar-refractivity contribution is -0.143. The Bertz CT molecular complexity index is 1490. The van der Waals surface area contributed by atoms with E-state index in [1.165, 1.54) is 0 Å². The molecular formula is C25H20N4O3. The average Bonchev–Trinajstić information content (AvgIpc) is 3.41. The number of carbonyl (C=O) groups is 1. The van der Waals surface area contributed by atoms with E-state index in [4.69, 9.17) is 10.1 Å². The zero-order valence-electron chi connectivity index (χ0n) is 17.3. The molecule has 0 amide bonds. The van der Waals surface area contributed by atoms with Crippen molar-refractivity contribution in [1.29, 1.82) is 0 Å². The van der Waals surface area contributed by atoms with Crippen molar-refractivity contribution < 1.29 is 9.90 Å². The summed E-state index contributed by atoms with van der Waals surface area (Å²) in [5.41, 5.74) is 2.64. The number of allylic oxidation sites excluding steroid dienone is 2. The van der Waals surface area contributed by atoms with E-state index in [2.05, 4.69) is 11.1 Å². The topological polar surface area (TPSA) is 97.5 Å². The summed E-state index contributed by atoms with van der Waals surface area (Å²) in [7, 11) is 0. The molecule has 2 bridgehead atoms. The van der Waals surface area contributed by atoms with Crippen LogP contribution in [0.1, 0.15) is 23.7 Å². The molecule has 32 heavy (non-hydrogen) atoms. The normalized spacial score (nSPS) is 23.9. The lowest BCUT2D eigenvalue weighted by Crippen LogP contribution is -2.29. The van der Waals surface area contributed by atoms with Crippen LogP contribution in [0.15, 0.2) is 65.5 Å². The maximum Gasteiger partial charge on any atom is 0.307 e. The Hall–Kier alpha value is -3.87. The minimum atomic E-state index is -0.831. The van der Waals surface area contributed by atoms with E-state index in [9.17, 15) is 14.7 Å². The van der Waals surface area contributed by atoms with Gasteiger partial charge in [0, 0.05) is 16.9 Å². The SMILES string of the molecule is Cc1ccc(-c2nn3c([C@H]4[C@@H](C(=O)O)[C@H]5C=C[C@H]4C5)nc4ccccc4c3nc2=O)cc1. The molecule has 4 atom stereocenters. The third-order valence-corrected chi connectivity index (χ3v) is 6.78. The van der Waals surface area contributed by atoms with Crippen LogP contribution in [0.4, 0.5) is 0 Å². The third kappa shape index (κ3) is 2.70. The van der Waals surface area contributed by atoms with Crippen molar-refractivity contribution in [3.8, 4) is 11.3 Å². The minimum absolute atomic E-state index is 0.0188. The molecule has 4 aromatic rings. The fourth-order valence-electron chi connectivity index (χ4n) is 5.27. The molecule has 0 saturated heterocycles. The van der Waals surface area contributed by atoms with Gasteiger partial charge in [-0.1, -0.05) is 54.1 Å². The molecule has 2 aliphatic carbocycles. The predicted octanol–water partition coefficient (Wildman–Crippen LogP) is 3.60. The number of carboxylic acid groups (broad SMARTS) is 1. The molecule has 0 unspecified atom stereocenters.